The third-order valence-corrected chi connectivity index (χ3v) is 6.01. The first-order valence-corrected chi connectivity index (χ1v) is 15.0. The fourth-order valence-electron chi connectivity index (χ4n) is 4.14. The Morgan fingerprint density at radius 3 is 1.41 bits per heavy atom. The highest BCUT2D eigenvalue weighted by Gasteiger charge is 2.37. The average molecular weight is 621 g/mol. The number of hydrogen-bond acceptors (Lipinski definition) is 9. The molecule has 44 heavy (non-hydrogen) atoms. The van der Waals surface area contributed by atoms with Gasteiger partial charge in [-0.2, -0.15) is 0 Å². The average Bonchev–Trinajstić information content (AvgIpc) is 2.86. The maximum Gasteiger partial charge on any atom is 0.408 e. The molecule has 0 bridgehead atoms. The normalized spacial score (nSPS) is 12.9. The van der Waals surface area contributed by atoms with Gasteiger partial charge in [0.1, 0.15) is 29.5 Å². The van der Waals surface area contributed by atoms with E-state index in [9.17, 15) is 24.0 Å². The molecule has 0 saturated heterocycles. The molecule has 1 rings (SSSR count). The Balaban J connectivity index is 3.19. The van der Waals surface area contributed by atoms with Crippen molar-refractivity contribution in [2.45, 2.75) is 143 Å². The summed E-state index contributed by atoms with van der Waals surface area (Å²) >= 11 is 0. The molecule has 0 saturated carbocycles. The lowest BCUT2D eigenvalue weighted by Gasteiger charge is -2.36. The van der Waals surface area contributed by atoms with Crippen LogP contribution >= 0.6 is 0 Å². The molecule has 11 heteroatoms. The van der Waals surface area contributed by atoms with Crippen LogP contribution in [-0.4, -0.2) is 58.3 Å². The van der Waals surface area contributed by atoms with Crippen LogP contribution in [0.3, 0.4) is 0 Å². The van der Waals surface area contributed by atoms with Gasteiger partial charge in [0.05, 0.1) is 0 Å². The number of esters is 3. The van der Waals surface area contributed by atoms with E-state index in [0.29, 0.717) is 0 Å². The van der Waals surface area contributed by atoms with Gasteiger partial charge in [-0.25, -0.2) is 4.79 Å². The Kier molecular flexibility index (Phi) is 14.3. The summed E-state index contributed by atoms with van der Waals surface area (Å²) in [6, 6.07) is 8.05. The second-order valence-electron chi connectivity index (χ2n) is 14.0. The molecule has 1 aromatic rings. The maximum atomic E-state index is 13.5. The summed E-state index contributed by atoms with van der Waals surface area (Å²) in [5, 5.41) is 5.44. The quantitative estimate of drug-likeness (QED) is 0.203. The molecule has 0 aliphatic heterocycles. The molecule has 11 nitrogen and oxygen atoms in total. The van der Waals surface area contributed by atoms with Crippen LogP contribution in [-0.2, 0) is 44.7 Å². The van der Waals surface area contributed by atoms with Crippen molar-refractivity contribution < 1.29 is 42.9 Å². The van der Waals surface area contributed by atoms with Crippen molar-refractivity contribution in [3.05, 3.63) is 35.9 Å². The molecule has 2 N–H and O–H groups in total. The van der Waals surface area contributed by atoms with Gasteiger partial charge in [0.2, 0.25) is 5.91 Å². The van der Waals surface area contributed by atoms with Crippen LogP contribution in [0.1, 0.15) is 113 Å². The van der Waals surface area contributed by atoms with E-state index in [4.69, 9.17) is 18.9 Å². The van der Waals surface area contributed by atoms with E-state index < -0.39 is 58.3 Å². The van der Waals surface area contributed by atoms with E-state index in [1.807, 2.05) is 18.2 Å². The van der Waals surface area contributed by atoms with Crippen LogP contribution in [0, 0.1) is 0 Å². The van der Waals surface area contributed by atoms with Crippen molar-refractivity contribution in [1.82, 2.24) is 10.6 Å². The van der Waals surface area contributed by atoms with Gasteiger partial charge in [0.15, 0.2) is 0 Å². The maximum absolute atomic E-state index is 13.5. The first-order chi connectivity index (χ1) is 20.1. The van der Waals surface area contributed by atoms with Crippen molar-refractivity contribution in [3.8, 4) is 0 Å². The van der Waals surface area contributed by atoms with Crippen LogP contribution < -0.4 is 10.6 Å². The molecule has 0 aliphatic carbocycles. The fourth-order valence-corrected chi connectivity index (χ4v) is 4.14. The van der Waals surface area contributed by atoms with E-state index in [2.05, 4.69) is 10.6 Å². The molecule has 248 valence electrons. The van der Waals surface area contributed by atoms with Gasteiger partial charge in [-0.1, -0.05) is 30.3 Å². The predicted molar refractivity (Wildman–Crippen MR) is 165 cm³/mol. The molecular weight excluding hydrogens is 568 g/mol. The summed E-state index contributed by atoms with van der Waals surface area (Å²) in [5.74, 6) is -2.08. The Morgan fingerprint density at radius 2 is 1.05 bits per heavy atom. The van der Waals surface area contributed by atoms with Crippen LogP contribution in [0.2, 0.25) is 0 Å². The monoisotopic (exact) mass is 620 g/mol. The van der Waals surface area contributed by atoms with Crippen LogP contribution in [0.5, 0.6) is 0 Å². The molecular formula is C33H52N2O9. The minimum Gasteiger partial charge on any atom is -0.460 e. The van der Waals surface area contributed by atoms with E-state index in [0.717, 1.165) is 5.56 Å². The minimum atomic E-state index is -1.22. The Labute approximate surface area is 262 Å². The number of alkyl carbamates (subject to hydrolysis) is 1. The van der Waals surface area contributed by atoms with Crippen LogP contribution in [0.25, 0.3) is 0 Å². The zero-order chi connectivity index (χ0) is 33.8. The first kappa shape index (κ1) is 38.4. The van der Waals surface area contributed by atoms with Gasteiger partial charge >= 0.3 is 24.0 Å². The lowest BCUT2D eigenvalue weighted by molar-refractivity contribution is -0.155. The number of carbonyl (C=O) groups excluding carboxylic acids is 5. The molecule has 0 aromatic heterocycles. The highest BCUT2D eigenvalue weighted by Crippen LogP contribution is 2.29. The smallest absolute Gasteiger partial charge is 0.408 e. The van der Waals surface area contributed by atoms with E-state index in [1.54, 1.807) is 74.4 Å². The third kappa shape index (κ3) is 17.5. The summed E-state index contributed by atoms with van der Waals surface area (Å²) in [6.45, 7) is 17.2. The number of amides is 2. The van der Waals surface area contributed by atoms with E-state index in [-0.39, 0.29) is 45.1 Å². The molecule has 0 heterocycles. The SMILES string of the molecule is C[C@H](NC(=O)OCc1ccccc1)C(=O)NC(CCC(=O)OC(C)(C)C)(CCC(=O)OC(C)(C)C)CCC(=O)OC(C)(C)C. The topological polar surface area (TPSA) is 146 Å². The number of nitrogens with one attached hydrogen (secondary N) is 2. The Hall–Kier alpha value is -3.63. The number of ether oxygens (including phenoxy) is 4. The number of benzene rings is 1. The second kappa shape index (κ2) is 16.4. The van der Waals surface area contributed by atoms with Gasteiger partial charge in [0, 0.05) is 24.8 Å². The van der Waals surface area contributed by atoms with E-state index in [1.165, 1.54) is 6.92 Å². The molecule has 0 radical (unpaired) electrons. The van der Waals surface area contributed by atoms with Crippen molar-refractivity contribution >= 4 is 29.9 Å². The largest absolute Gasteiger partial charge is 0.460 e. The van der Waals surface area contributed by atoms with Crippen molar-refractivity contribution in [1.29, 1.82) is 0 Å². The number of carbonyl (C=O) groups is 5. The van der Waals surface area contributed by atoms with Gasteiger partial charge in [-0.15, -0.1) is 0 Å². The summed E-state index contributed by atoms with van der Waals surface area (Å²) in [6.07, 6.45) is -0.902. The highest BCUT2D eigenvalue weighted by molar-refractivity contribution is 5.86. The van der Waals surface area contributed by atoms with Crippen LogP contribution in [0.15, 0.2) is 30.3 Å². The first-order valence-electron chi connectivity index (χ1n) is 15.0. The molecule has 0 aliphatic rings. The molecule has 0 spiro atoms. The third-order valence-electron chi connectivity index (χ3n) is 6.01. The second-order valence-corrected chi connectivity index (χ2v) is 14.0. The standard InChI is InChI=1S/C33H52N2O9/c1-23(34-29(40)41-22-24-14-12-11-13-15-24)28(39)35-33(19-16-25(36)42-30(2,3)4,20-17-26(37)43-31(5,6)7)21-18-27(38)44-32(8,9)10/h11-15,23H,16-22H2,1-10H3,(H,34,40)(H,35,39)/t23-/m0/s1. The van der Waals surface area contributed by atoms with E-state index >= 15 is 0 Å². The summed E-state index contributed by atoms with van der Waals surface area (Å²) in [4.78, 5) is 64.1. The van der Waals surface area contributed by atoms with Gasteiger partial charge < -0.3 is 29.6 Å². The molecule has 1 aromatic carbocycles. The number of hydrogen-bond donors (Lipinski definition) is 2. The molecule has 1 atom stereocenters. The van der Waals surface area contributed by atoms with Crippen molar-refractivity contribution in [3.63, 3.8) is 0 Å². The van der Waals surface area contributed by atoms with Gasteiger partial charge in [-0.05, 0) is 94.1 Å². The fraction of sp³-hybridized carbons (Fsp3) is 0.667. The predicted octanol–water partition coefficient (Wildman–Crippen LogP) is 5.52. The zero-order valence-corrected chi connectivity index (χ0v) is 28.1. The molecule has 0 unspecified atom stereocenters. The lowest BCUT2D eigenvalue weighted by Crippen LogP contribution is -2.55. The summed E-state index contributed by atoms with van der Waals surface area (Å²) in [5.41, 5.74) is -2.62. The van der Waals surface area contributed by atoms with Gasteiger partial charge in [0.25, 0.3) is 0 Å². The Morgan fingerprint density at radius 1 is 0.659 bits per heavy atom. The van der Waals surface area contributed by atoms with Gasteiger partial charge in [-0.3, -0.25) is 19.2 Å². The zero-order valence-electron chi connectivity index (χ0n) is 28.1. The van der Waals surface area contributed by atoms with Crippen LogP contribution in [0.4, 0.5) is 4.79 Å². The Bertz CT molecular complexity index is 1030. The lowest BCUT2D eigenvalue weighted by atomic mass is 9.83. The molecule has 0 fully saturated rings. The van der Waals surface area contributed by atoms with Crippen molar-refractivity contribution in [2.75, 3.05) is 0 Å². The molecule has 2 amide bonds. The highest BCUT2D eigenvalue weighted by atomic mass is 16.6. The van der Waals surface area contributed by atoms with Crippen molar-refractivity contribution in [2.24, 2.45) is 0 Å². The minimum absolute atomic E-state index is 0.0205. The summed E-state index contributed by atoms with van der Waals surface area (Å²) in [7, 11) is 0. The summed E-state index contributed by atoms with van der Waals surface area (Å²) < 4.78 is 21.7. The number of rotatable bonds is 14.